The fourth-order valence-electron chi connectivity index (χ4n) is 2.50. The maximum absolute atomic E-state index is 11.8. The van der Waals surface area contributed by atoms with Crippen molar-refractivity contribution < 1.29 is 13.2 Å². The van der Waals surface area contributed by atoms with Gasteiger partial charge in [0.15, 0.2) is 9.84 Å². The number of halogens is 1. The van der Waals surface area contributed by atoms with Crippen LogP contribution in [0.2, 0.25) is 0 Å². The first-order valence-electron chi connectivity index (χ1n) is 6.32. The van der Waals surface area contributed by atoms with E-state index in [1.54, 1.807) is 0 Å². The van der Waals surface area contributed by atoms with Gasteiger partial charge in [-0.3, -0.25) is 4.79 Å². The normalized spacial score (nSPS) is 30.4. The van der Waals surface area contributed by atoms with E-state index in [0.29, 0.717) is 6.42 Å². The molecule has 1 amide bonds. The summed E-state index contributed by atoms with van der Waals surface area (Å²) in [6, 6.07) is -0.132. The summed E-state index contributed by atoms with van der Waals surface area (Å²) in [4.78, 5) is 11.8. The molecule has 2 aliphatic rings. The second-order valence-electron chi connectivity index (χ2n) is 4.88. The van der Waals surface area contributed by atoms with Gasteiger partial charge >= 0.3 is 0 Å². The molecule has 2 saturated heterocycles. The number of rotatable bonds is 3. The molecule has 18 heavy (non-hydrogen) atoms. The number of piperidine rings is 1. The minimum atomic E-state index is -2.95. The molecule has 7 heteroatoms. The number of nitrogens with one attached hydrogen (secondary N) is 2. The van der Waals surface area contributed by atoms with E-state index in [9.17, 15) is 13.2 Å². The lowest BCUT2D eigenvalue weighted by Gasteiger charge is -2.23. The summed E-state index contributed by atoms with van der Waals surface area (Å²) in [6.07, 6.45) is 4.43. The zero-order valence-corrected chi connectivity index (χ0v) is 12.0. The molecule has 0 aromatic rings. The molecule has 2 heterocycles. The van der Waals surface area contributed by atoms with Gasteiger partial charge in [0.1, 0.15) is 0 Å². The van der Waals surface area contributed by atoms with Crippen LogP contribution in [-0.4, -0.2) is 44.5 Å². The average Bonchev–Trinajstić information content (AvgIpc) is 2.66. The monoisotopic (exact) mass is 296 g/mol. The highest BCUT2D eigenvalue weighted by atomic mass is 35.5. The predicted molar refractivity (Wildman–Crippen MR) is 72.7 cm³/mol. The zero-order valence-electron chi connectivity index (χ0n) is 10.4. The van der Waals surface area contributed by atoms with Crippen LogP contribution < -0.4 is 10.6 Å². The minimum absolute atomic E-state index is 0. The van der Waals surface area contributed by atoms with Crippen LogP contribution in [0.4, 0.5) is 0 Å². The van der Waals surface area contributed by atoms with Crippen LogP contribution in [0.1, 0.15) is 32.1 Å². The standard InChI is InChI=1S/C11H20N2O3S.ClH/c14-11(10-5-1-2-6-12-10)13-8-9-4-3-7-17(9,15)16;/h9-10,12H,1-8H2,(H,13,14);1H/t9?,10-;/m0./s1. The van der Waals surface area contributed by atoms with Gasteiger partial charge in [-0.05, 0) is 32.2 Å². The Bertz CT molecular complexity index is 380. The highest BCUT2D eigenvalue weighted by Crippen LogP contribution is 2.19. The number of hydrogen-bond donors (Lipinski definition) is 2. The number of carbonyl (C=O) groups is 1. The van der Waals surface area contributed by atoms with Crippen molar-refractivity contribution in [2.45, 2.75) is 43.4 Å². The molecule has 106 valence electrons. The lowest BCUT2D eigenvalue weighted by atomic mass is 10.0. The molecule has 2 fully saturated rings. The lowest BCUT2D eigenvalue weighted by Crippen LogP contribution is -2.48. The molecule has 1 unspecified atom stereocenters. The Morgan fingerprint density at radius 3 is 2.56 bits per heavy atom. The summed E-state index contributed by atoms with van der Waals surface area (Å²) in [7, 11) is -2.95. The van der Waals surface area contributed by atoms with Crippen LogP contribution in [0.25, 0.3) is 0 Å². The third-order valence-corrected chi connectivity index (χ3v) is 5.87. The SMILES string of the molecule is Cl.O=C(NCC1CCCS1(=O)=O)[C@@H]1CCCCN1. The molecule has 0 radical (unpaired) electrons. The maximum atomic E-state index is 11.8. The predicted octanol–water partition coefficient (Wildman–Crippen LogP) is 0.244. The summed E-state index contributed by atoms with van der Waals surface area (Å²) in [6.45, 7) is 1.15. The third kappa shape index (κ3) is 3.83. The van der Waals surface area contributed by atoms with Crippen molar-refractivity contribution in [3.8, 4) is 0 Å². The Hall–Kier alpha value is -0.330. The van der Waals surface area contributed by atoms with E-state index in [1.165, 1.54) is 0 Å². The second kappa shape index (κ2) is 6.73. The van der Waals surface area contributed by atoms with E-state index < -0.39 is 9.84 Å². The first-order valence-corrected chi connectivity index (χ1v) is 8.04. The van der Waals surface area contributed by atoms with E-state index in [1.807, 2.05) is 0 Å². The minimum Gasteiger partial charge on any atom is -0.353 e. The number of amides is 1. The molecular weight excluding hydrogens is 276 g/mol. The van der Waals surface area contributed by atoms with Crippen LogP contribution in [-0.2, 0) is 14.6 Å². The Morgan fingerprint density at radius 2 is 2.00 bits per heavy atom. The quantitative estimate of drug-likeness (QED) is 0.782. The van der Waals surface area contributed by atoms with Gasteiger partial charge in [-0.15, -0.1) is 12.4 Å². The Labute approximate surface area is 114 Å². The number of carbonyl (C=O) groups excluding carboxylic acids is 1. The largest absolute Gasteiger partial charge is 0.353 e. The van der Waals surface area contributed by atoms with Gasteiger partial charge in [0, 0.05) is 6.54 Å². The molecule has 2 rings (SSSR count). The van der Waals surface area contributed by atoms with E-state index in [2.05, 4.69) is 10.6 Å². The van der Waals surface area contributed by atoms with Crippen LogP contribution >= 0.6 is 12.4 Å². The maximum Gasteiger partial charge on any atom is 0.237 e. The van der Waals surface area contributed by atoms with Crippen LogP contribution in [0.15, 0.2) is 0 Å². The highest BCUT2D eigenvalue weighted by molar-refractivity contribution is 7.92. The molecule has 0 bridgehead atoms. The van der Waals surface area contributed by atoms with Crippen LogP contribution in [0.5, 0.6) is 0 Å². The molecule has 0 aliphatic carbocycles. The van der Waals surface area contributed by atoms with Crippen molar-refractivity contribution in [3.05, 3.63) is 0 Å². The van der Waals surface area contributed by atoms with Gasteiger partial charge in [0.25, 0.3) is 0 Å². The van der Waals surface area contributed by atoms with Gasteiger partial charge in [0.2, 0.25) is 5.91 Å². The Morgan fingerprint density at radius 1 is 1.22 bits per heavy atom. The zero-order chi connectivity index (χ0) is 12.3. The van der Waals surface area contributed by atoms with Gasteiger partial charge in [0.05, 0.1) is 17.0 Å². The van der Waals surface area contributed by atoms with Gasteiger partial charge in [-0.25, -0.2) is 8.42 Å². The van der Waals surface area contributed by atoms with Crippen molar-refractivity contribution in [2.24, 2.45) is 0 Å². The molecule has 0 aromatic heterocycles. The topological polar surface area (TPSA) is 75.3 Å². The molecule has 2 aliphatic heterocycles. The molecule has 2 N–H and O–H groups in total. The van der Waals surface area contributed by atoms with Crippen molar-refractivity contribution in [3.63, 3.8) is 0 Å². The number of hydrogen-bond acceptors (Lipinski definition) is 4. The highest BCUT2D eigenvalue weighted by Gasteiger charge is 2.32. The van der Waals surface area contributed by atoms with E-state index in [0.717, 1.165) is 32.2 Å². The molecule has 0 spiro atoms. The molecule has 2 atom stereocenters. The van der Waals surface area contributed by atoms with Crippen LogP contribution in [0, 0.1) is 0 Å². The smallest absolute Gasteiger partial charge is 0.237 e. The first-order chi connectivity index (χ1) is 8.09. The lowest BCUT2D eigenvalue weighted by molar-refractivity contribution is -0.123. The molecule has 0 saturated carbocycles. The second-order valence-corrected chi connectivity index (χ2v) is 7.28. The summed E-state index contributed by atoms with van der Waals surface area (Å²) >= 11 is 0. The molecule has 5 nitrogen and oxygen atoms in total. The van der Waals surface area contributed by atoms with Crippen molar-refractivity contribution in [1.82, 2.24) is 10.6 Å². The fraction of sp³-hybridized carbons (Fsp3) is 0.909. The third-order valence-electron chi connectivity index (χ3n) is 3.59. The molecule has 0 aromatic carbocycles. The van der Waals surface area contributed by atoms with Gasteiger partial charge < -0.3 is 10.6 Å². The van der Waals surface area contributed by atoms with E-state index in [-0.39, 0.29) is 41.9 Å². The summed E-state index contributed by atoms with van der Waals surface area (Å²) < 4.78 is 23.2. The van der Waals surface area contributed by atoms with Crippen molar-refractivity contribution >= 4 is 28.2 Å². The van der Waals surface area contributed by atoms with Gasteiger partial charge in [-0.2, -0.15) is 0 Å². The Balaban J connectivity index is 0.00000162. The van der Waals surface area contributed by atoms with E-state index in [4.69, 9.17) is 0 Å². The number of sulfone groups is 1. The first kappa shape index (κ1) is 15.7. The van der Waals surface area contributed by atoms with Crippen molar-refractivity contribution in [2.75, 3.05) is 18.8 Å². The summed E-state index contributed by atoms with van der Waals surface area (Å²) in [5.74, 6) is 0.224. The average molecular weight is 297 g/mol. The molecular formula is C11H21ClN2O3S. The summed E-state index contributed by atoms with van der Waals surface area (Å²) in [5, 5.41) is 5.56. The van der Waals surface area contributed by atoms with E-state index >= 15 is 0 Å². The Kier molecular flexibility index (Phi) is 5.88. The fourth-order valence-corrected chi connectivity index (χ4v) is 4.27. The van der Waals surface area contributed by atoms with Gasteiger partial charge in [-0.1, -0.05) is 6.42 Å². The van der Waals surface area contributed by atoms with Crippen molar-refractivity contribution in [1.29, 1.82) is 0 Å². The summed E-state index contributed by atoms with van der Waals surface area (Å²) in [5.41, 5.74) is 0. The van der Waals surface area contributed by atoms with Crippen LogP contribution in [0.3, 0.4) is 0 Å².